The minimum absolute atomic E-state index is 0.0697. The average molecular weight is 390 g/mol. The lowest BCUT2D eigenvalue weighted by molar-refractivity contribution is -0.138. The number of hydrogen-bond donors (Lipinski definition) is 0. The van der Waals surface area contributed by atoms with E-state index in [0.717, 1.165) is 42.9 Å². The maximum atomic E-state index is 12.4. The van der Waals surface area contributed by atoms with Crippen LogP contribution >= 0.6 is 11.3 Å². The zero-order valence-corrected chi connectivity index (χ0v) is 16.5. The van der Waals surface area contributed by atoms with Gasteiger partial charge in [-0.2, -0.15) is 0 Å². The van der Waals surface area contributed by atoms with Gasteiger partial charge in [-0.15, -0.1) is 11.3 Å². The first-order valence-electron chi connectivity index (χ1n) is 9.88. The van der Waals surface area contributed by atoms with Gasteiger partial charge in [0.05, 0.1) is 11.5 Å². The van der Waals surface area contributed by atoms with Crippen LogP contribution in [0.3, 0.4) is 0 Å². The summed E-state index contributed by atoms with van der Waals surface area (Å²) in [6.45, 7) is 4.00. The van der Waals surface area contributed by atoms with Gasteiger partial charge >= 0.3 is 0 Å². The predicted molar refractivity (Wildman–Crippen MR) is 104 cm³/mol. The van der Waals surface area contributed by atoms with Crippen LogP contribution in [0.25, 0.3) is 10.6 Å². The summed E-state index contributed by atoms with van der Waals surface area (Å²) in [6, 6.07) is 6.58. The molecule has 1 saturated heterocycles. The fraction of sp³-hybridized carbons (Fsp3) is 0.600. The summed E-state index contributed by atoms with van der Waals surface area (Å²) in [5.74, 6) is 0.814. The molecule has 0 bridgehead atoms. The quantitative estimate of drug-likeness (QED) is 0.758. The van der Waals surface area contributed by atoms with E-state index in [4.69, 9.17) is 9.26 Å². The summed E-state index contributed by atoms with van der Waals surface area (Å²) >= 11 is 1.61. The summed E-state index contributed by atoms with van der Waals surface area (Å²) in [4.78, 5) is 18.0. The van der Waals surface area contributed by atoms with E-state index in [2.05, 4.69) is 10.1 Å². The lowest BCUT2D eigenvalue weighted by Gasteiger charge is -2.40. The molecule has 146 valence electrons. The second kappa shape index (κ2) is 8.99. The molecule has 0 N–H and O–H groups in total. The molecule has 1 saturated carbocycles. The van der Waals surface area contributed by atoms with Crippen molar-refractivity contribution < 1.29 is 14.1 Å². The van der Waals surface area contributed by atoms with Crippen molar-refractivity contribution in [3.8, 4) is 10.6 Å². The highest BCUT2D eigenvalue weighted by Gasteiger charge is 2.26. The number of hydrogen-bond acceptors (Lipinski definition) is 6. The van der Waals surface area contributed by atoms with Gasteiger partial charge in [-0.1, -0.05) is 30.5 Å². The molecule has 2 aromatic rings. The highest BCUT2D eigenvalue weighted by atomic mass is 32.1. The molecule has 0 aromatic carbocycles. The smallest absolute Gasteiger partial charge is 0.248 e. The fourth-order valence-corrected chi connectivity index (χ4v) is 4.70. The molecule has 2 aromatic heterocycles. The summed E-state index contributed by atoms with van der Waals surface area (Å²) in [5, 5.41) is 6.02. The summed E-state index contributed by atoms with van der Waals surface area (Å²) < 4.78 is 10.9. The van der Waals surface area contributed by atoms with Crippen LogP contribution in [-0.2, 0) is 16.1 Å². The molecule has 6 nitrogen and oxygen atoms in total. The van der Waals surface area contributed by atoms with Crippen molar-refractivity contribution >= 4 is 17.2 Å². The molecule has 1 amide bonds. The molecule has 1 aliphatic heterocycles. The van der Waals surface area contributed by atoms with Gasteiger partial charge in [0.2, 0.25) is 5.91 Å². The lowest BCUT2D eigenvalue weighted by atomic mass is 9.94. The maximum Gasteiger partial charge on any atom is 0.248 e. The molecule has 3 heterocycles. The van der Waals surface area contributed by atoms with Crippen molar-refractivity contribution in [1.82, 2.24) is 15.0 Å². The summed E-state index contributed by atoms with van der Waals surface area (Å²) in [5.41, 5.74) is 0.716. The van der Waals surface area contributed by atoms with Gasteiger partial charge in [0.25, 0.3) is 0 Å². The summed E-state index contributed by atoms with van der Waals surface area (Å²) in [6.07, 6.45) is 6.73. The van der Waals surface area contributed by atoms with Crippen molar-refractivity contribution in [2.24, 2.45) is 0 Å². The minimum Gasteiger partial charge on any atom is -0.365 e. The zero-order valence-electron chi connectivity index (χ0n) is 15.6. The zero-order chi connectivity index (χ0) is 18.5. The van der Waals surface area contributed by atoms with E-state index >= 15 is 0 Å². The van der Waals surface area contributed by atoms with Gasteiger partial charge in [0.15, 0.2) is 5.76 Å². The number of carbonyl (C=O) groups is 1. The largest absolute Gasteiger partial charge is 0.365 e. The third-order valence-corrected chi connectivity index (χ3v) is 6.44. The van der Waals surface area contributed by atoms with Gasteiger partial charge in [-0.05, 0) is 24.3 Å². The normalized spacial score (nSPS) is 19.5. The monoisotopic (exact) mass is 389 g/mol. The molecule has 2 fully saturated rings. The van der Waals surface area contributed by atoms with Crippen LogP contribution in [0.2, 0.25) is 0 Å². The number of amides is 1. The second-order valence-electron chi connectivity index (χ2n) is 7.36. The first-order chi connectivity index (χ1) is 13.3. The molecule has 27 heavy (non-hydrogen) atoms. The average Bonchev–Trinajstić information content (AvgIpc) is 3.40. The third-order valence-electron chi connectivity index (χ3n) is 5.56. The number of piperazine rings is 1. The van der Waals surface area contributed by atoms with Crippen molar-refractivity contribution in [2.75, 3.05) is 32.8 Å². The maximum absolute atomic E-state index is 12.4. The second-order valence-corrected chi connectivity index (χ2v) is 8.31. The Bertz CT molecular complexity index is 717. The van der Waals surface area contributed by atoms with Crippen molar-refractivity contribution in [3.05, 3.63) is 29.3 Å². The molecule has 0 radical (unpaired) electrons. The molecule has 1 aliphatic carbocycles. The Labute approximate surface area is 164 Å². The lowest BCUT2D eigenvalue weighted by Crippen LogP contribution is -2.53. The Kier molecular flexibility index (Phi) is 6.21. The van der Waals surface area contributed by atoms with E-state index in [-0.39, 0.29) is 12.5 Å². The van der Waals surface area contributed by atoms with Gasteiger partial charge < -0.3 is 14.2 Å². The molecular weight excluding hydrogens is 362 g/mol. The third kappa shape index (κ3) is 4.78. The number of aromatic nitrogens is 1. The summed E-state index contributed by atoms with van der Waals surface area (Å²) in [7, 11) is 0. The molecule has 0 atom stereocenters. The highest BCUT2D eigenvalue weighted by molar-refractivity contribution is 7.13. The number of carbonyl (C=O) groups excluding carboxylic acids is 1. The highest BCUT2D eigenvalue weighted by Crippen LogP contribution is 2.25. The van der Waals surface area contributed by atoms with Crippen LogP contribution in [-0.4, -0.2) is 59.7 Å². The van der Waals surface area contributed by atoms with Crippen molar-refractivity contribution in [3.63, 3.8) is 0 Å². The number of rotatable bonds is 6. The van der Waals surface area contributed by atoms with E-state index in [0.29, 0.717) is 12.3 Å². The van der Waals surface area contributed by atoms with Gasteiger partial charge in [0, 0.05) is 38.3 Å². The molecule has 2 aliphatic rings. The molecule has 0 spiro atoms. The first-order valence-corrected chi connectivity index (χ1v) is 10.8. The number of ether oxygens (including phenoxy) is 1. The van der Waals surface area contributed by atoms with E-state index in [9.17, 15) is 4.79 Å². The molecule has 4 rings (SSSR count). The van der Waals surface area contributed by atoms with Crippen LogP contribution < -0.4 is 0 Å². The van der Waals surface area contributed by atoms with Crippen LogP contribution in [0.1, 0.15) is 37.8 Å². The van der Waals surface area contributed by atoms with Crippen molar-refractivity contribution in [2.45, 2.75) is 44.8 Å². The van der Waals surface area contributed by atoms with E-state index in [1.165, 1.54) is 32.1 Å². The van der Waals surface area contributed by atoms with Crippen LogP contribution in [0, 0.1) is 0 Å². The molecular formula is C20H27N3O3S. The van der Waals surface area contributed by atoms with E-state index in [1.807, 2.05) is 28.5 Å². The number of thiophene rings is 1. The van der Waals surface area contributed by atoms with Crippen molar-refractivity contribution in [1.29, 1.82) is 0 Å². The predicted octanol–water partition coefficient (Wildman–Crippen LogP) is 3.40. The Hall–Kier alpha value is -1.70. The van der Waals surface area contributed by atoms with Crippen LogP contribution in [0.4, 0.5) is 0 Å². The van der Waals surface area contributed by atoms with Crippen LogP contribution in [0.5, 0.6) is 0 Å². The Morgan fingerprint density at radius 3 is 2.78 bits per heavy atom. The number of nitrogens with zero attached hydrogens (tertiary/aromatic N) is 3. The Morgan fingerprint density at radius 2 is 2.04 bits per heavy atom. The topological polar surface area (TPSA) is 58.8 Å². The van der Waals surface area contributed by atoms with E-state index in [1.54, 1.807) is 11.3 Å². The van der Waals surface area contributed by atoms with Crippen LogP contribution in [0.15, 0.2) is 28.1 Å². The Morgan fingerprint density at radius 1 is 1.22 bits per heavy atom. The van der Waals surface area contributed by atoms with Gasteiger partial charge in [-0.3, -0.25) is 9.69 Å². The fourth-order valence-electron chi connectivity index (χ4n) is 4.03. The molecule has 7 heteroatoms. The SMILES string of the molecule is O=C(COCc1cc(-c2cccs2)on1)N1CCN(C2CCCCC2)CC1. The standard InChI is InChI=1S/C20H27N3O3S/c24-20(23-10-8-22(9-11-23)17-5-2-1-3-6-17)15-25-14-16-13-18(26-21-16)19-7-4-12-27-19/h4,7,12-13,17H,1-3,5-6,8-11,14-15H2. The molecule has 0 unspecified atom stereocenters. The van der Waals surface area contributed by atoms with Gasteiger partial charge in [0.1, 0.15) is 12.3 Å². The van der Waals surface area contributed by atoms with Gasteiger partial charge in [-0.25, -0.2) is 0 Å². The van der Waals surface area contributed by atoms with E-state index < -0.39 is 0 Å². The first kappa shape index (κ1) is 18.7. The Balaban J connectivity index is 1.18. The minimum atomic E-state index is 0.0697.